The summed E-state index contributed by atoms with van der Waals surface area (Å²) in [6.45, 7) is 5.96. The van der Waals surface area contributed by atoms with Crippen LogP contribution in [-0.2, 0) is 38.2 Å². The van der Waals surface area contributed by atoms with Gasteiger partial charge in [-0.1, -0.05) is 83.2 Å². The van der Waals surface area contributed by atoms with E-state index in [0.29, 0.717) is 25.4 Å². The van der Waals surface area contributed by atoms with Gasteiger partial charge in [-0.2, -0.15) is 0 Å². The second-order valence-electron chi connectivity index (χ2n) is 11.6. The average molecular weight is 710 g/mol. The maximum atomic E-state index is 13.4. The number of carbonyl (C=O) groups excluding carboxylic acids is 4. The number of hydrogen-bond donors (Lipinski definition) is 2. The Morgan fingerprint density at radius 3 is 2.25 bits per heavy atom. The molecule has 0 aromatic carbocycles. The number of hydrogen-bond acceptors (Lipinski definition) is 12. The highest BCUT2D eigenvalue weighted by Crippen LogP contribution is 2.38. The van der Waals surface area contributed by atoms with Crippen LogP contribution in [0.5, 0.6) is 0 Å². The van der Waals surface area contributed by atoms with Crippen molar-refractivity contribution in [2.24, 2.45) is 5.16 Å². The fraction of sp³-hybridized carbons (Fsp3) is 0.697. The number of fused-ring (bicyclic) bond motifs is 1. The first-order valence-electron chi connectivity index (χ1n) is 17.0. The van der Waals surface area contributed by atoms with Gasteiger partial charge in [-0.15, -0.1) is 23.1 Å². The Labute approximate surface area is 291 Å². The quantitative estimate of drug-likeness (QED) is 0.0335. The number of anilines is 1. The number of rotatable bonds is 26. The first-order valence-corrected chi connectivity index (χ1v) is 19.0. The van der Waals surface area contributed by atoms with Crippen LogP contribution in [0.15, 0.2) is 22.3 Å². The van der Waals surface area contributed by atoms with Crippen molar-refractivity contribution in [3.8, 4) is 0 Å². The molecule has 1 aromatic rings. The van der Waals surface area contributed by atoms with Crippen molar-refractivity contribution in [3.63, 3.8) is 0 Å². The minimum Gasteiger partial charge on any atom is -0.453 e. The number of esters is 1. The average Bonchev–Trinajstić information content (AvgIpc) is 3.55. The van der Waals surface area contributed by atoms with Gasteiger partial charge in [-0.25, -0.2) is 9.78 Å². The number of aromatic nitrogens is 1. The van der Waals surface area contributed by atoms with E-state index in [1.165, 1.54) is 80.5 Å². The lowest BCUT2D eigenvalue weighted by atomic mass is 10.0. The van der Waals surface area contributed by atoms with Gasteiger partial charge in [0.05, 0.1) is 13.2 Å². The summed E-state index contributed by atoms with van der Waals surface area (Å²) in [6, 6.07) is -0.899. The summed E-state index contributed by atoms with van der Waals surface area (Å²) in [5.74, 6) is -1.31. The summed E-state index contributed by atoms with van der Waals surface area (Å²) in [6.07, 6.45) is 15.3. The maximum Gasteiger partial charge on any atom is 0.355 e. The number of nitrogens with zero attached hydrogens (tertiary/aromatic N) is 3. The molecule has 15 heteroatoms. The molecule has 2 aliphatic heterocycles. The molecule has 1 fully saturated rings. The minimum atomic E-state index is -0.899. The van der Waals surface area contributed by atoms with Gasteiger partial charge in [0.1, 0.15) is 36.0 Å². The summed E-state index contributed by atoms with van der Waals surface area (Å²) < 4.78 is 17.6. The molecule has 1 aromatic heterocycles. The van der Waals surface area contributed by atoms with Crippen LogP contribution in [0.1, 0.15) is 96.6 Å². The highest BCUT2D eigenvalue weighted by molar-refractivity contribution is 8.00. The first-order chi connectivity index (χ1) is 23.4. The molecule has 2 N–H and O–H groups in total. The van der Waals surface area contributed by atoms with Gasteiger partial charge < -0.3 is 29.7 Å². The Balaban J connectivity index is 1.55. The van der Waals surface area contributed by atoms with Gasteiger partial charge in [0.25, 0.3) is 11.8 Å². The van der Waals surface area contributed by atoms with Gasteiger partial charge in [0, 0.05) is 24.3 Å². The third-order valence-electron chi connectivity index (χ3n) is 7.83. The zero-order valence-corrected chi connectivity index (χ0v) is 30.0. The molecular weight excluding hydrogens is 659 g/mol. The molecule has 2 aliphatic rings. The van der Waals surface area contributed by atoms with Crippen molar-refractivity contribution in [3.05, 3.63) is 22.8 Å². The van der Waals surface area contributed by atoms with Crippen molar-refractivity contribution >= 4 is 58.1 Å². The second-order valence-corrected chi connectivity index (χ2v) is 13.6. The molecule has 3 heterocycles. The first kappa shape index (κ1) is 39.4. The molecule has 3 rings (SSSR count). The number of thioether (sulfide) groups is 1. The van der Waals surface area contributed by atoms with Crippen molar-refractivity contribution in [2.45, 2.75) is 108 Å². The van der Waals surface area contributed by atoms with Crippen molar-refractivity contribution in [1.29, 1.82) is 0 Å². The molecule has 2 atom stereocenters. The van der Waals surface area contributed by atoms with Gasteiger partial charge in [-0.3, -0.25) is 19.3 Å². The van der Waals surface area contributed by atoms with Crippen LogP contribution in [0.3, 0.4) is 0 Å². The van der Waals surface area contributed by atoms with Crippen molar-refractivity contribution in [2.75, 3.05) is 44.6 Å². The number of carbonyl (C=O) groups is 4. The number of unbranched alkanes of at least 4 members (excludes halogenated alkanes) is 10. The topological polar surface area (TPSA) is 158 Å². The number of nitrogens with one attached hydrogen (secondary N) is 2. The van der Waals surface area contributed by atoms with E-state index < -0.39 is 35.3 Å². The van der Waals surface area contributed by atoms with Crippen molar-refractivity contribution < 1.29 is 38.2 Å². The second kappa shape index (κ2) is 22.6. The molecule has 13 nitrogen and oxygen atoms in total. The number of β-lactam (4-membered cyclic amide) rings is 1. The fourth-order valence-electron chi connectivity index (χ4n) is 5.26. The number of oxime groups is 1. The van der Waals surface area contributed by atoms with Crippen LogP contribution in [0.25, 0.3) is 0 Å². The molecule has 268 valence electrons. The minimum absolute atomic E-state index is 0.140. The lowest BCUT2D eigenvalue weighted by molar-refractivity contribution is -0.159. The number of amides is 3. The van der Waals surface area contributed by atoms with Crippen LogP contribution in [0.4, 0.5) is 5.13 Å². The van der Waals surface area contributed by atoms with E-state index in [1.54, 1.807) is 6.08 Å². The summed E-state index contributed by atoms with van der Waals surface area (Å²) in [5.41, 5.74) is 0.164. The summed E-state index contributed by atoms with van der Waals surface area (Å²) >= 11 is 2.52. The molecular formula is C33H51N5O8S2. The van der Waals surface area contributed by atoms with E-state index in [2.05, 4.69) is 34.6 Å². The Kier molecular flexibility index (Phi) is 18.6. The zero-order valence-electron chi connectivity index (χ0n) is 28.4. The van der Waals surface area contributed by atoms with Crippen LogP contribution in [-0.4, -0.2) is 96.6 Å². The van der Waals surface area contributed by atoms with Gasteiger partial charge in [-0.05, 0) is 18.9 Å². The molecule has 0 bridgehead atoms. The summed E-state index contributed by atoms with van der Waals surface area (Å²) in [4.78, 5) is 60.9. The Bertz CT molecular complexity index is 1210. The Morgan fingerprint density at radius 2 is 1.65 bits per heavy atom. The smallest absolute Gasteiger partial charge is 0.355 e. The fourth-order valence-corrected chi connectivity index (χ4v) is 7.11. The molecule has 0 spiro atoms. The van der Waals surface area contributed by atoms with Crippen LogP contribution >= 0.6 is 23.1 Å². The summed E-state index contributed by atoms with van der Waals surface area (Å²) in [7, 11) is 1.28. The normalized spacial score (nSPS) is 17.4. The standard InChI is InChI=1S/C33H51N5O8S2/c1-4-6-8-10-12-14-17-44-20-24(21-45-18-15-13-11-9-7-5-2)46-32(42)26-16-19-47-31-28(30(41)38(26)31)36-29(40)27(37-43-3)25-22-48-33(35-25)34-23-39/h16,22-24,28,31H,4-15,17-21H2,1-3H3,(H,36,40)(H,34,35,39)/t28?,31-/m0/s1. The zero-order chi connectivity index (χ0) is 34.6. The highest BCUT2D eigenvalue weighted by Gasteiger charge is 2.53. The van der Waals surface area contributed by atoms with Gasteiger partial charge in [0.2, 0.25) is 6.41 Å². The van der Waals surface area contributed by atoms with Gasteiger partial charge in [0.15, 0.2) is 10.8 Å². The monoisotopic (exact) mass is 709 g/mol. The molecule has 1 unspecified atom stereocenters. The van der Waals surface area contributed by atoms with E-state index in [-0.39, 0.29) is 35.4 Å². The highest BCUT2D eigenvalue weighted by atomic mass is 32.2. The van der Waals surface area contributed by atoms with E-state index in [1.807, 2.05) is 0 Å². The van der Waals surface area contributed by atoms with E-state index in [9.17, 15) is 19.2 Å². The molecule has 0 radical (unpaired) electrons. The van der Waals surface area contributed by atoms with Crippen LogP contribution in [0, 0.1) is 0 Å². The summed E-state index contributed by atoms with van der Waals surface area (Å²) in [5, 5.41) is 10.2. The van der Waals surface area contributed by atoms with E-state index in [4.69, 9.17) is 19.0 Å². The van der Waals surface area contributed by atoms with Crippen LogP contribution in [0.2, 0.25) is 0 Å². The predicted octanol–water partition coefficient (Wildman–Crippen LogP) is 5.01. The molecule has 48 heavy (non-hydrogen) atoms. The lowest BCUT2D eigenvalue weighted by Crippen LogP contribution is -2.70. The lowest BCUT2D eigenvalue weighted by Gasteiger charge is -2.48. The van der Waals surface area contributed by atoms with Crippen LogP contribution < -0.4 is 10.6 Å². The third-order valence-corrected chi connectivity index (χ3v) is 9.79. The SMILES string of the molecule is CCCCCCCCOCC(COCCCCCCCC)OC(=O)C1=CCS[C@H]2C(NC(=O)C(=NOC)c3csc(NC=O)n3)C(=O)N12. The molecule has 0 saturated carbocycles. The van der Waals surface area contributed by atoms with Crippen molar-refractivity contribution in [1.82, 2.24) is 15.2 Å². The van der Waals surface area contributed by atoms with Gasteiger partial charge >= 0.3 is 5.97 Å². The molecule has 0 aliphatic carbocycles. The Hall–Kier alpha value is -3.01. The van der Waals surface area contributed by atoms with E-state index >= 15 is 0 Å². The number of ether oxygens (including phenoxy) is 3. The third kappa shape index (κ3) is 12.5. The Morgan fingerprint density at radius 1 is 1.02 bits per heavy atom. The molecule has 3 amide bonds. The number of thiazole rings is 1. The maximum absolute atomic E-state index is 13.4. The largest absolute Gasteiger partial charge is 0.453 e. The van der Waals surface area contributed by atoms with E-state index in [0.717, 1.165) is 37.0 Å². The predicted molar refractivity (Wildman–Crippen MR) is 187 cm³/mol. The molecule has 1 saturated heterocycles.